The first kappa shape index (κ1) is 15.1. The van der Waals surface area contributed by atoms with Gasteiger partial charge < -0.3 is 10.2 Å². The number of carbonyl (C=O) groups is 1. The number of nitrogens with zero attached hydrogens (tertiary/aromatic N) is 2. The fraction of sp³-hybridized carbons (Fsp3) is 0.375. The SMILES string of the molecule is NC(=O)C1CCCCN1Cc1ncc(-c2ccc(Cl)cc2)o1. The zero-order chi connectivity index (χ0) is 15.5. The number of likely N-dealkylation sites (tertiary alicyclic amines) is 1. The lowest BCUT2D eigenvalue weighted by atomic mass is 10.0. The fourth-order valence-electron chi connectivity index (χ4n) is 2.81. The van der Waals surface area contributed by atoms with Gasteiger partial charge in [-0.25, -0.2) is 4.98 Å². The van der Waals surface area contributed by atoms with Crippen LogP contribution in [0.4, 0.5) is 0 Å². The second-order valence-corrected chi connectivity index (χ2v) is 5.95. The van der Waals surface area contributed by atoms with E-state index in [9.17, 15) is 4.79 Å². The van der Waals surface area contributed by atoms with E-state index < -0.39 is 0 Å². The third-order valence-electron chi connectivity index (χ3n) is 3.96. The molecule has 1 aliphatic rings. The Hall–Kier alpha value is -1.85. The van der Waals surface area contributed by atoms with Gasteiger partial charge in [0.1, 0.15) is 0 Å². The van der Waals surface area contributed by atoms with Crippen LogP contribution in [0.1, 0.15) is 25.2 Å². The number of oxazole rings is 1. The van der Waals surface area contributed by atoms with Crippen LogP contribution in [0.2, 0.25) is 5.02 Å². The third kappa shape index (κ3) is 3.31. The van der Waals surface area contributed by atoms with Crippen molar-refractivity contribution in [1.82, 2.24) is 9.88 Å². The Balaban J connectivity index is 1.73. The van der Waals surface area contributed by atoms with Crippen LogP contribution in [0, 0.1) is 0 Å². The summed E-state index contributed by atoms with van der Waals surface area (Å²) in [5, 5.41) is 0.682. The summed E-state index contributed by atoms with van der Waals surface area (Å²) in [5.74, 6) is 1.02. The van der Waals surface area contributed by atoms with Crippen molar-refractivity contribution in [2.45, 2.75) is 31.8 Å². The number of halogens is 1. The first-order valence-electron chi connectivity index (χ1n) is 7.37. The maximum atomic E-state index is 11.5. The lowest BCUT2D eigenvalue weighted by molar-refractivity contribution is -0.124. The lowest BCUT2D eigenvalue weighted by Gasteiger charge is -2.32. The second-order valence-electron chi connectivity index (χ2n) is 5.51. The van der Waals surface area contributed by atoms with Gasteiger partial charge in [-0.15, -0.1) is 0 Å². The molecule has 1 aliphatic heterocycles. The van der Waals surface area contributed by atoms with Crippen LogP contribution in [0.5, 0.6) is 0 Å². The van der Waals surface area contributed by atoms with Gasteiger partial charge in [0, 0.05) is 10.6 Å². The smallest absolute Gasteiger partial charge is 0.234 e. The monoisotopic (exact) mass is 319 g/mol. The summed E-state index contributed by atoms with van der Waals surface area (Å²) in [4.78, 5) is 17.9. The van der Waals surface area contributed by atoms with Crippen LogP contribution in [0.25, 0.3) is 11.3 Å². The van der Waals surface area contributed by atoms with Crippen LogP contribution in [-0.4, -0.2) is 28.4 Å². The summed E-state index contributed by atoms with van der Waals surface area (Å²) in [6.45, 7) is 1.34. The highest BCUT2D eigenvalue weighted by Gasteiger charge is 2.27. The molecule has 0 spiro atoms. The van der Waals surface area contributed by atoms with E-state index in [2.05, 4.69) is 4.98 Å². The zero-order valence-corrected chi connectivity index (χ0v) is 12.9. The minimum Gasteiger partial charge on any atom is -0.439 e. The molecular formula is C16H18ClN3O2. The van der Waals surface area contributed by atoms with E-state index in [4.69, 9.17) is 21.8 Å². The maximum absolute atomic E-state index is 11.5. The van der Waals surface area contributed by atoms with Gasteiger partial charge in [0.15, 0.2) is 5.76 Å². The largest absolute Gasteiger partial charge is 0.439 e. The highest BCUT2D eigenvalue weighted by Crippen LogP contribution is 2.24. The summed E-state index contributed by atoms with van der Waals surface area (Å²) in [6, 6.07) is 7.18. The van der Waals surface area contributed by atoms with Crippen molar-refractivity contribution < 1.29 is 9.21 Å². The lowest BCUT2D eigenvalue weighted by Crippen LogP contribution is -2.47. The average molecular weight is 320 g/mol. The van der Waals surface area contributed by atoms with Crippen molar-refractivity contribution in [2.24, 2.45) is 5.73 Å². The minimum atomic E-state index is -0.274. The van der Waals surface area contributed by atoms with E-state index in [1.807, 2.05) is 29.2 Å². The Morgan fingerprint density at radius 3 is 2.86 bits per heavy atom. The van der Waals surface area contributed by atoms with Crippen molar-refractivity contribution >= 4 is 17.5 Å². The Bertz CT molecular complexity index is 654. The maximum Gasteiger partial charge on any atom is 0.234 e. The molecule has 2 aromatic rings. The predicted molar refractivity (Wildman–Crippen MR) is 84.2 cm³/mol. The van der Waals surface area contributed by atoms with E-state index in [0.29, 0.717) is 23.2 Å². The Morgan fingerprint density at radius 1 is 1.36 bits per heavy atom. The highest BCUT2D eigenvalue weighted by atomic mass is 35.5. The molecule has 3 rings (SSSR count). The number of piperidine rings is 1. The van der Waals surface area contributed by atoms with Gasteiger partial charge in [-0.2, -0.15) is 0 Å². The standard InChI is InChI=1S/C16H18ClN3O2/c17-12-6-4-11(5-7-12)14-9-19-15(22-14)10-20-8-2-1-3-13(20)16(18)21/h4-7,9,13H,1-3,8,10H2,(H2,18,21). The molecule has 2 heterocycles. The summed E-state index contributed by atoms with van der Waals surface area (Å²) < 4.78 is 5.79. The molecule has 0 aliphatic carbocycles. The topological polar surface area (TPSA) is 72.4 Å². The average Bonchev–Trinajstić information content (AvgIpc) is 2.97. The molecule has 22 heavy (non-hydrogen) atoms. The first-order chi connectivity index (χ1) is 10.6. The summed E-state index contributed by atoms with van der Waals surface area (Å²) in [5.41, 5.74) is 6.40. The minimum absolute atomic E-state index is 0.223. The van der Waals surface area contributed by atoms with E-state index in [-0.39, 0.29) is 11.9 Å². The van der Waals surface area contributed by atoms with Crippen molar-refractivity contribution in [1.29, 1.82) is 0 Å². The van der Waals surface area contributed by atoms with Crippen molar-refractivity contribution in [3.8, 4) is 11.3 Å². The third-order valence-corrected chi connectivity index (χ3v) is 4.21. The number of benzene rings is 1. The van der Waals surface area contributed by atoms with Gasteiger partial charge >= 0.3 is 0 Å². The Kier molecular flexibility index (Phi) is 4.45. The van der Waals surface area contributed by atoms with Gasteiger partial charge in [0.2, 0.25) is 11.8 Å². The van der Waals surface area contributed by atoms with E-state index in [1.165, 1.54) is 0 Å². The molecule has 1 atom stereocenters. The van der Waals surface area contributed by atoms with Gasteiger partial charge in [-0.3, -0.25) is 9.69 Å². The number of amides is 1. The number of hydrogen-bond acceptors (Lipinski definition) is 4. The van der Waals surface area contributed by atoms with E-state index in [0.717, 1.165) is 31.4 Å². The van der Waals surface area contributed by atoms with Crippen LogP contribution in [-0.2, 0) is 11.3 Å². The molecule has 1 aromatic heterocycles. The van der Waals surface area contributed by atoms with Gasteiger partial charge in [-0.1, -0.05) is 18.0 Å². The summed E-state index contributed by atoms with van der Waals surface area (Å²) >= 11 is 5.88. The molecule has 116 valence electrons. The van der Waals surface area contributed by atoms with Gasteiger partial charge in [0.05, 0.1) is 18.8 Å². The summed E-state index contributed by atoms with van der Waals surface area (Å²) in [6.07, 6.45) is 4.60. The normalized spacial score (nSPS) is 19.2. The predicted octanol–water partition coefficient (Wildman–Crippen LogP) is 2.83. The van der Waals surface area contributed by atoms with Crippen LogP contribution in [0.15, 0.2) is 34.9 Å². The van der Waals surface area contributed by atoms with Gasteiger partial charge in [-0.05, 0) is 43.7 Å². The Morgan fingerprint density at radius 2 is 2.14 bits per heavy atom. The molecule has 1 unspecified atom stereocenters. The molecule has 6 heteroatoms. The molecule has 0 saturated carbocycles. The van der Waals surface area contributed by atoms with Gasteiger partial charge in [0.25, 0.3) is 0 Å². The van der Waals surface area contributed by atoms with Crippen molar-refractivity contribution in [3.05, 3.63) is 41.4 Å². The second kappa shape index (κ2) is 6.50. The molecule has 1 amide bonds. The van der Waals surface area contributed by atoms with Crippen LogP contribution in [0.3, 0.4) is 0 Å². The zero-order valence-electron chi connectivity index (χ0n) is 12.2. The first-order valence-corrected chi connectivity index (χ1v) is 7.75. The molecule has 0 bridgehead atoms. The molecule has 1 aromatic carbocycles. The molecule has 2 N–H and O–H groups in total. The molecule has 1 fully saturated rings. The van der Waals surface area contributed by atoms with Crippen molar-refractivity contribution in [3.63, 3.8) is 0 Å². The Labute approximate surface area is 134 Å². The van der Waals surface area contributed by atoms with Crippen LogP contribution < -0.4 is 5.73 Å². The number of carbonyl (C=O) groups excluding carboxylic acids is 1. The number of nitrogens with two attached hydrogens (primary N) is 1. The number of aromatic nitrogens is 1. The van der Waals surface area contributed by atoms with Crippen molar-refractivity contribution in [2.75, 3.05) is 6.54 Å². The van der Waals surface area contributed by atoms with Crippen LogP contribution >= 0.6 is 11.6 Å². The highest BCUT2D eigenvalue weighted by molar-refractivity contribution is 6.30. The number of primary amides is 1. The summed E-state index contributed by atoms with van der Waals surface area (Å²) in [7, 11) is 0. The molecule has 0 radical (unpaired) electrons. The molecule has 5 nitrogen and oxygen atoms in total. The molecule has 1 saturated heterocycles. The molecular weight excluding hydrogens is 302 g/mol. The quantitative estimate of drug-likeness (QED) is 0.940. The number of rotatable bonds is 4. The van der Waals surface area contributed by atoms with E-state index >= 15 is 0 Å². The number of hydrogen-bond donors (Lipinski definition) is 1. The van der Waals surface area contributed by atoms with E-state index in [1.54, 1.807) is 6.20 Å². The fourth-order valence-corrected chi connectivity index (χ4v) is 2.93.